The summed E-state index contributed by atoms with van der Waals surface area (Å²) >= 11 is 1.73. The molecule has 3 N–H and O–H groups in total. The summed E-state index contributed by atoms with van der Waals surface area (Å²) in [6.07, 6.45) is 6.09. The van der Waals surface area contributed by atoms with Crippen molar-refractivity contribution in [3.8, 4) is 0 Å². The summed E-state index contributed by atoms with van der Waals surface area (Å²) in [5.74, 6) is 0.613. The molecule has 0 amide bonds. The Morgan fingerprint density at radius 3 is 2.88 bits per heavy atom. The molecule has 0 atom stereocenters. The zero-order chi connectivity index (χ0) is 11.2. The van der Waals surface area contributed by atoms with E-state index in [1.807, 2.05) is 0 Å². The van der Waals surface area contributed by atoms with Crippen molar-refractivity contribution in [1.82, 2.24) is 5.32 Å². The Kier molecular flexibility index (Phi) is 6.87. The summed E-state index contributed by atoms with van der Waals surface area (Å²) in [7, 11) is 0. The van der Waals surface area contributed by atoms with Crippen LogP contribution in [0, 0.1) is 0 Å². The van der Waals surface area contributed by atoms with Crippen LogP contribution >= 0.6 is 35.3 Å². The second-order valence-electron chi connectivity index (χ2n) is 4.27. The third-order valence-electron chi connectivity index (χ3n) is 2.97. The van der Waals surface area contributed by atoms with Crippen molar-refractivity contribution in [2.45, 2.75) is 38.1 Å². The quantitative estimate of drug-likeness (QED) is 0.490. The summed E-state index contributed by atoms with van der Waals surface area (Å²) in [4.78, 5) is 4.35. The molecule has 1 aromatic heterocycles. The number of rotatable bonds is 4. The molecule has 0 radical (unpaired) electrons. The van der Waals surface area contributed by atoms with E-state index < -0.39 is 0 Å². The van der Waals surface area contributed by atoms with Crippen molar-refractivity contribution in [3.63, 3.8) is 0 Å². The highest BCUT2D eigenvalue weighted by atomic mass is 127. The Morgan fingerprint density at radius 2 is 2.24 bits per heavy atom. The fraction of sp³-hybridized carbons (Fsp3) is 0.583. The third-order valence-corrected chi connectivity index (χ3v) is 3.70. The van der Waals surface area contributed by atoms with Gasteiger partial charge in [-0.15, -0.1) is 24.0 Å². The Morgan fingerprint density at radius 1 is 1.47 bits per heavy atom. The van der Waals surface area contributed by atoms with Gasteiger partial charge in [-0.25, -0.2) is 0 Å². The maximum absolute atomic E-state index is 5.83. The molecule has 1 fully saturated rings. The summed E-state index contributed by atoms with van der Waals surface area (Å²) in [5, 5.41) is 7.55. The third kappa shape index (κ3) is 5.25. The van der Waals surface area contributed by atoms with Crippen LogP contribution in [0.1, 0.15) is 31.2 Å². The SMILES string of the molecule is I.NC(=NCCc1ccsc1)NC1CCCC1. The molecule has 1 aliphatic carbocycles. The maximum Gasteiger partial charge on any atom is 0.188 e. The molecule has 0 saturated heterocycles. The molecular formula is C12H20IN3S. The standard InChI is InChI=1S/C12H19N3S.HI/c13-12(15-11-3-1-2-4-11)14-7-5-10-6-8-16-9-10;/h6,8-9,11H,1-5,7H2,(H3,13,14,15);1H. The number of nitrogens with one attached hydrogen (secondary N) is 1. The van der Waals surface area contributed by atoms with Crippen molar-refractivity contribution in [2.24, 2.45) is 10.7 Å². The van der Waals surface area contributed by atoms with Crippen LogP contribution in [0.5, 0.6) is 0 Å². The van der Waals surface area contributed by atoms with Crippen molar-refractivity contribution in [1.29, 1.82) is 0 Å². The van der Waals surface area contributed by atoms with Gasteiger partial charge in [-0.1, -0.05) is 12.8 Å². The summed E-state index contributed by atoms with van der Waals surface area (Å²) in [5.41, 5.74) is 7.18. The van der Waals surface area contributed by atoms with E-state index in [4.69, 9.17) is 5.73 Å². The van der Waals surface area contributed by atoms with E-state index in [-0.39, 0.29) is 24.0 Å². The molecule has 0 aromatic carbocycles. The van der Waals surface area contributed by atoms with Gasteiger partial charge < -0.3 is 11.1 Å². The predicted molar refractivity (Wildman–Crippen MR) is 85.3 cm³/mol. The van der Waals surface area contributed by atoms with Gasteiger partial charge in [-0.2, -0.15) is 11.3 Å². The molecule has 3 nitrogen and oxygen atoms in total. The summed E-state index contributed by atoms with van der Waals surface area (Å²) in [6, 6.07) is 2.70. The highest BCUT2D eigenvalue weighted by molar-refractivity contribution is 14.0. The van der Waals surface area contributed by atoms with Gasteiger partial charge >= 0.3 is 0 Å². The first-order chi connectivity index (χ1) is 7.84. The minimum absolute atomic E-state index is 0. The maximum atomic E-state index is 5.83. The first-order valence-electron chi connectivity index (χ1n) is 5.92. The van der Waals surface area contributed by atoms with Crippen LogP contribution in [0.25, 0.3) is 0 Å². The lowest BCUT2D eigenvalue weighted by Gasteiger charge is -2.11. The van der Waals surface area contributed by atoms with E-state index in [0.717, 1.165) is 13.0 Å². The van der Waals surface area contributed by atoms with Gasteiger partial charge in [0, 0.05) is 12.6 Å². The first kappa shape index (κ1) is 14.8. The first-order valence-corrected chi connectivity index (χ1v) is 6.86. The molecule has 0 unspecified atom stereocenters. The van der Waals surface area contributed by atoms with Gasteiger partial charge in [0.25, 0.3) is 0 Å². The highest BCUT2D eigenvalue weighted by Gasteiger charge is 2.14. The topological polar surface area (TPSA) is 50.4 Å². The number of nitrogens with two attached hydrogens (primary N) is 1. The number of thiophene rings is 1. The van der Waals surface area contributed by atoms with Crippen molar-refractivity contribution in [3.05, 3.63) is 22.4 Å². The molecule has 1 aliphatic rings. The molecule has 0 spiro atoms. The molecular weight excluding hydrogens is 345 g/mol. The molecule has 2 rings (SSSR count). The minimum atomic E-state index is 0. The van der Waals surface area contributed by atoms with E-state index in [9.17, 15) is 0 Å². The largest absolute Gasteiger partial charge is 0.370 e. The van der Waals surface area contributed by atoms with Gasteiger partial charge in [0.2, 0.25) is 0 Å². The molecule has 1 heterocycles. The van der Waals surface area contributed by atoms with Crippen molar-refractivity contribution < 1.29 is 0 Å². The second kappa shape index (κ2) is 7.92. The van der Waals surface area contributed by atoms with Crippen molar-refractivity contribution >= 4 is 41.3 Å². The highest BCUT2D eigenvalue weighted by Crippen LogP contribution is 2.17. The number of hydrogen-bond donors (Lipinski definition) is 2. The molecule has 17 heavy (non-hydrogen) atoms. The second-order valence-corrected chi connectivity index (χ2v) is 5.05. The summed E-state index contributed by atoms with van der Waals surface area (Å²) < 4.78 is 0. The Balaban J connectivity index is 0.00000144. The van der Waals surface area contributed by atoms with E-state index in [1.54, 1.807) is 11.3 Å². The number of guanidine groups is 1. The van der Waals surface area contributed by atoms with Gasteiger partial charge in [0.15, 0.2) is 5.96 Å². The zero-order valence-corrected chi connectivity index (χ0v) is 13.0. The van der Waals surface area contributed by atoms with Crippen LogP contribution in [0.4, 0.5) is 0 Å². The fourth-order valence-electron chi connectivity index (χ4n) is 2.07. The minimum Gasteiger partial charge on any atom is -0.370 e. The Labute approximate surface area is 124 Å². The van der Waals surface area contributed by atoms with E-state index in [2.05, 4.69) is 27.1 Å². The van der Waals surface area contributed by atoms with E-state index in [1.165, 1.54) is 31.2 Å². The van der Waals surface area contributed by atoms with Crippen LogP contribution in [-0.4, -0.2) is 18.5 Å². The lowest BCUT2D eigenvalue weighted by Crippen LogP contribution is -2.38. The van der Waals surface area contributed by atoms with Crippen LogP contribution in [0.15, 0.2) is 21.8 Å². The predicted octanol–water partition coefficient (Wildman–Crippen LogP) is 2.76. The summed E-state index contributed by atoms with van der Waals surface area (Å²) in [6.45, 7) is 0.780. The molecule has 96 valence electrons. The number of nitrogens with zero attached hydrogens (tertiary/aromatic N) is 1. The van der Waals surface area contributed by atoms with Crippen LogP contribution in [-0.2, 0) is 6.42 Å². The van der Waals surface area contributed by atoms with Gasteiger partial charge in [0.1, 0.15) is 0 Å². The number of hydrogen-bond acceptors (Lipinski definition) is 2. The van der Waals surface area contributed by atoms with Gasteiger partial charge in [-0.3, -0.25) is 4.99 Å². The van der Waals surface area contributed by atoms with E-state index >= 15 is 0 Å². The number of halogens is 1. The van der Waals surface area contributed by atoms with Crippen LogP contribution in [0.2, 0.25) is 0 Å². The molecule has 1 aromatic rings. The van der Waals surface area contributed by atoms with E-state index in [0.29, 0.717) is 12.0 Å². The Bertz CT molecular complexity index is 332. The zero-order valence-electron chi connectivity index (χ0n) is 9.89. The Hall–Kier alpha value is -0.300. The average molecular weight is 365 g/mol. The molecule has 5 heteroatoms. The lowest BCUT2D eigenvalue weighted by molar-refractivity contribution is 0.625. The molecule has 0 aliphatic heterocycles. The van der Waals surface area contributed by atoms with Crippen LogP contribution in [0.3, 0.4) is 0 Å². The number of aliphatic imine (C=N–C) groups is 1. The normalized spacial score (nSPS) is 16.8. The average Bonchev–Trinajstić information content (AvgIpc) is 2.90. The van der Waals surface area contributed by atoms with Gasteiger partial charge in [0.05, 0.1) is 0 Å². The van der Waals surface area contributed by atoms with Crippen LogP contribution < -0.4 is 11.1 Å². The molecule has 1 saturated carbocycles. The van der Waals surface area contributed by atoms with Crippen molar-refractivity contribution in [2.75, 3.05) is 6.54 Å². The molecule has 0 bridgehead atoms. The fourth-order valence-corrected chi connectivity index (χ4v) is 2.77. The van der Waals surface area contributed by atoms with Gasteiger partial charge in [-0.05, 0) is 41.7 Å². The monoisotopic (exact) mass is 365 g/mol. The smallest absolute Gasteiger partial charge is 0.188 e. The lowest BCUT2D eigenvalue weighted by atomic mass is 10.2.